The van der Waals surface area contributed by atoms with Crippen molar-refractivity contribution < 1.29 is 24.1 Å². The van der Waals surface area contributed by atoms with Crippen molar-refractivity contribution in [1.29, 1.82) is 0 Å². The SMILES string of the molecule is BC(COC(=O)c1ccccc1)O[C@H](COC)[C@H](C)O. The van der Waals surface area contributed by atoms with Gasteiger partial charge in [-0.05, 0) is 19.1 Å². The fourth-order valence-electron chi connectivity index (χ4n) is 1.64. The summed E-state index contributed by atoms with van der Waals surface area (Å²) < 4.78 is 15.7. The summed E-state index contributed by atoms with van der Waals surface area (Å²) in [6, 6.07) is 8.45. The number of benzene rings is 1. The van der Waals surface area contributed by atoms with Crippen LogP contribution < -0.4 is 0 Å². The molecule has 20 heavy (non-hydrogen) atoms. The lowest BCUT2D eigenvalue weighted by molar-refractivity contribution is -0.0878. The van der Waals surface area contributed by atoms with E-state index in [1.807, 2.05) is 6.07 Å². The monoisotopic (exact) mass is 280 g/mol. The molecule has 3 atom stereocenters. The van der Waals surface area contributed by atoms with Crippen LogP contribution in [0.5, 0.6) is 0 Å². The van der Waals surface area contributed by atoms with E-state index in [4.69, 9.17) is 14.2 Å². The van der Waals surface area contributed by atoms with Crippen molar-refractivity contribution in [2.75, 3.05) is 20.3 Å². The van der Waals surface area contributed by atoms with Crippen molar-refractivity contribution in [3.8, 4) is 0 Å². The molecule has 0 bridgehead atoms. The molecular weight excluding hydrogens is 259 g/mol. The first-order valence-corrected chi connectivity index (χ1v) is 6.59. The predicted octanol–water partition coefficient (Wildman–Crippen LogP) is 0.215. The Morgan fingerprint density at radius 1 is 1.30 bits per heavy atom. The molecule has 0 saturated heterocycles. The molecule has 0 radical (unpaired) electrons. The first-order chi connectivity index (χ1) is 9.54. The molecule has 0 aliphatic heterocycles. The van der Waals surface area contributed by atoms with Gasteiger partial charge in [0.15, 0.2) is 0 Å². The molecule has 1 rings (SSSR count). The highest BCUT2D eigenvalue weighted by molar-refractivity contribution is 6.11. The summed E-state index contributed by atoms with van der Waals surface area (Å²) in [5, 5.41) is 9.53. The van der Waals surface area contributed by atoms with Crippen LogP contribution in [0.4, 0.5) is 0 Å². The molecule has 110 valence electrons. The van der Waals surface area contributed by atoms with Gasteiger partial charge in [0.1, 0.15) is 20.6 Å². The lowest BCUT2D eigenvalue weighted by Crippen LogP contribution is -2.37. The molecule has 0 aliphatic carbocycles. The minimum absolute atomic E-state index is 0.126. The Bertz CT molecular complexity index is 396. The van der Waals surface area contributed by atoms with Gasteiger partial charge in [-0.25, -0.2) is 4.79 Å². The van der Waals surface area contributed by atoms with E-state index in [9.17, 15) is 9.90 Å². The molecule has 0 heterocycles. The lowest BCUT2D eigenvalue weighted by atomic mass is 10.0. The Balaban J connectivity index is 2.39. The summed E-state index contributed by atoms with van der Waals surface area (Å²) in [5.41, 5.74) is 0.503. The number of aliphatic hydroxyl groups is 1. The Kier molecular flexibility index (Phi) is 7.29. The molecule has 1 unspecified atom stereocenters. The maximum absolute atomic E-state index is 11.7. The molecule has 1 aromatic rings. The number of ether oxygens (including phenoxy) is 3. The van der Waals surface area contributed by atoms with E-state index < -0.39 is 12.2 Å². The fraction of sp³-hybridized carbons (Fsp3) is 0.500. The highest BCUT2D eigenvalue weighted by Gasteiger charge is 2.19. The van der Waals surface area contributed by atoms with Gasteiger partial charge in [0.25, 0.3) is 0 Å². The molecule has 0 fully saturated rings. The molecule has 0 spiro atoms. The number of methoxy groups -OCH3 is 1. The van der Waals surface area contributed by atoms with Crippen LogP contribution in [0.25, 0.3) is 0 Å². The van der Waals surface area contributed by atoms with Crippen LogP contribution in [-0.4, -0.2) is 57.5 Å². The highest BCUT2D eigenvalue weighted by Crippen LogP contribution is 2.05. The number of rotatable bonds is 8. The van der Waals surface area contributed by atoms with Gasteiger partial charge in [0.2, 0.25) is 0 Å². The van der Waals surface area contributed by atoms with Crippen LogP contribution in [0.2, 0.25) is 0 Å². The number of carbonyl (C=O) groups excluding carboxylic acids is 1. The predicted molar refractivity (Wildman–Crippen MR) is 77.5 cm³/mol. The first kappa shape index (κ1) is 16.7. The fourth-order valence-corrected chi connectivity index (χ4v) is 1.64. The number of hydrogen-bond donors (Lipinski definition) is 1. The minimum Gasteiger partial charge on any atom is -0.460 e. The van der Waals surface area contributed by atoms with E-state index in [-0.39, 0.29) is 25.2 Å². The number of aliphatic hydroxyl groups excluding tert-OH is 1. The van der Waals surface area contributed by atoms with E-state index >= 15 is 0 Å². The average molecular weight is 280 g/mol. The van der Waals surface area contributed by atoms with Gasteiger partial charge in [-0.3, -0.25) is 0 Å². The van der Waals surface area contributed by atoms with Gasteiger partial charge in [-0.15, -0.1) is 0 Å². The van der Waals surface area contributed by atoms with E-state index in [1.54, 1.807) is 46.1 Å². The van der Waals surface area contributed by atoms with Gasteiger partial charge in [-0.1, -0.05) is 18.2 Å². The molecule has 0 saturated carbocycles. The number of hydrogen-bond acceptors (Lipinski definition) is 5. The van der Waals surface area contributed by atoms with Gasteiger partial charge in [-0.2, -0.15) is 0 Å². The van der Waals surface area contributed by atoms with Gasteiger partial charge < -0.3 is 19.3 Å². The molecule has 0 amide bonds. The number of esters is 1. The Morgan fingerprint density at radius 2 is 1.95 bits per heavy atom. The summed E-state index contributed by atoms with van der Waals surface area (Å²) in [6.07, 6.45) is -1.09. The zero-order chi connectivity index (χ0) is 15.0. The maximum Gasteiger partial charge on any atom is 0.338 e. The second kappa shape index (κ2) is 8.74. The van der Waals surface area contributed by atoms with Crippen molar-refractivity contribution >= 4 is 13.8 Å². The summed E-state index contributed by atoms with van der Waals surface area (Å²) in [6.45, 7) is 2.04. The maximum atomic E-state index is 11.7. The third-order valence-electron chi connectivity index (χ3n) is 2.73. The number of carbonyl (C=O) groups is 1. The minimum atomic E-state index is -0.651. The van der Waals surface area contributed by atoms with Crippen molar-refractivity contribution in [3.63, 3.8) is 0 Å². The van der Waals surface area contributed by atoms with E-state index in [1.165, 1.54) is 0 Å². The van der Waals surface area contributed by atoms with Crippen molar-refractivity contribution in [2.24, 2.45) is 0 Å². The van der Waals surface area contributed by atoms with Crippen molar-refractivity contribution in [3.05, 3.63) is 35.9 Å². The van der Waals surface area contributed by atoms with E-state index in [2.05, 4.69) is 0 Å². The summed E-state index contributed by atoms with van der Waals surface area (Å²) in [7, 11) is 3.32. The molecule has 0 aliphatic rings. The summed E-state index contributed by atoms with van der Waals surface area (Å²) >= 11 is 0. The molecule has 1 N–H and O–H groups in total. The largest absolute Gasteiger partial charge is 0.460 e. The van der Waals surface area contributed by atoms with Crippen molar-refractivity contribution in [1.82, 2.24) is 0 Å². The van der Waals surface area contributed by atoms with E-state index in [0.717, 1.165) is 0 Å². The van der Waals surface area contributed by atoms with Crippen molar-refractivity contribution in [2.45, 2.75) is 25.1 Å². The third-order valence-corrected chi connectivity index (χ3v) is 2.73. The lowest BCUT2D eigenvalue weighted by Gasteiger charge is -2.24. The molecule has 6 heteroatoms. The zero-order valence-corrected chi connectivity index (χ0v) is 12.1. The van der Waals surface area contributed by atoms with Crippen LogP contribution in [-0.2, 0) is 14.2 Å². The second-order valence-corrected chi connectivity index (χ2v) is 4.65. The van der Waals surface area contributed by atoms with Gasteiger partial charge >= 0.3 is 5.97 Å². The highest BCUT2D eigenvalue weighted by atomic mass is 16.6. The molecule has 0 aromatic heterocycles. The van der Waals surface area contributed by atoms with Gasteiger partial charge in [0.05, 0.1) is 24.3 Å². The second-order valence-electron chi connectivity index (χ2n) is 4.65. The van der Waals surface area contributed by atoms with Crippen LogP contribution in [0, 0.1) is 0 Å². The normalized spacial score (nSPS) is 15.3. The van der Waals surface area contributed by atoms with E-state index in [0.29, 0.717) is 5.56 Å². The molecule has 5 nitrogen and oxygen atoms in total. The smallest absolute Gasteiger partial charge is 0.338 e. The van der Waals surface area contributed by atoms with Crippen LogP contribution in [0.15, 0.2) is 30.3 Å². The average Bonchev–Trinajstić information content (AvgIpc) is 2.45. The quantitative estimate of drug-likeness (QED) is 0.545. The molecular formula is C14H21BO5. The topological polar surface area (TPSA) is 65.0 Å². The van der Waals surface area contributed by atoms with Gasteiger partial charge in [0, 0.05) is 7.11 Å². The zero-order valence-electron chi connectivity index (χ0n) is 12.1. The Morgan fingerprint density at radius 3 is 2.50 bits per heavy atom. The first-order valence-electron chi connectivity index (χ1n) is 6.59. The Hall–Kier alpha value is -1.37. The van der Waals surface area contributed by atoms with Crippen LogP contribution >= 0.6 is 0 Å². The van der Waals surface area contributed by atoms with Crippen LogP contribution in [0.3, 0.4) is 0 Å². The third kappa shape index (κ3) is 5.73. The van der Waals surface area contributed by atoms with Crippen LogP contribution in [0.1, 0.15) is 17.3 Å². The standard InChI is InChI=1S/C14H21BO5/c1-10(16)12(8-18-2)20-13(15)9-19-14(17)11-6-4-3-5-7-11/h3-7,10,12-13,16H,8-9,15H2,1-2H3/t10-,12+,13?/m0/s1. The molecule has 1 aromatic carbocycles. The Labute approximate surface area is 120 Å². The summed E-state index contributed by atoms with van der Waals surface area (Å²) in [4.78, 5) is 11.7. The summed E-state index contributed by atoms with van der Waals surface area (Å²) in [5.74, 6) is -0.388.